The number of likely N-dealkylation sites (N-methyl/N-ethyl adjacent to an activating group) is 1. The van der Waals surface area contributed by atoms with Gasteiger partial charge in [0.05, 0.1) is 11.4 Å². The third kappa shape index (κ3) is 6.38. The van der Waals surface area contributed by atoms with Gasteiger partial charge in [-0.1, -0.05) is 29.8 Å². The monoisotopic (exact) mass is 320 g/mol. The van der Waals surface area contributed by atoms with E-state index in [-0.39, 0.29) is 34.6 Å². The van der Waals surface area contributed by atoms with E-state index in [9.17, 15) is 9.59 Å². The topological polar surface area (TPSA) is 49.4 Å². The van der Waals surface area contributed by atoms with Gasteiger partial charge in [-0.15, -0.1) is 0 Å². The Hall–Kier alpha value is -0.580. The second kappa shape index (κ2) is 7.12. The average Bonchev–Trinajstić information content (AvgIpc) is 2.21. The first kappa shape index (κ1) is 17.4. The lowest BCUT2D eigenvalue weighted by Crippen LogP contribution is -2.49. The molecular formula is C13H25BrN2O2. The highest BCUT2D eigenvalue weighted by Gasteiger charge is 2.25. The first-order chi connectivity index (χ1) is 8.08. The molecule has 5 heteroatoms. The van der Waals surface area contributed by atoms with Crippen LogP contribution in [0.5, 0.6) is 0 Å². The molecule has 0 bridgehead atoms. The fraction of sp³-hybridized carbons (Fsp3) is 0.846. The summed E-state index contributed by atoms with van der Waals surface area (Å²) in [5.41, 5.74) is -0.272. The number of alkyl halides is 1. The zero-order chi connectivity index (χ0) is 14.5. The maximum atomic E-state index is 12.1. The van der Waals surface area contributed by atoms with Gasteiger partial charge >= 0.3 is 0 Å². The lowest BCUT2D eigenvalue weighted by Gasteiger charge is -2.27. The third-order valence-corrected chi connectivity index (χ3v) is 3.81. The fourth-order valence-electron chi connectivity index (χ4n) is 1.44. The molecule has 1 unspecified atom stereocenters. The molecule has 4 nitrogen and oxygen atoms in total. The zero-order valence-electron chi connectivity index (χ0n) is 12.2. The lowest BCUT2D eigenvalue weighted by molar-refractivity contribution is -0.136. The Kier molecular flexibility index (Phi) is 6.89. The summed E-state index contributed by atoms with van der Waals surface area (Å²) in [7, 11) is 0. The van der Waals surface area contributed by atoms with Crippen molar-refractivity contribution in [1.82, 2.24) is 10.2 Å². The van der Waals surface area contributed by atoms with Gasteiger partial charge in [0.1, 0.15) is 0 Å². The molecule has 0 aromatic rings. The number of carbonyl (C=O) groups excluding carboxylic acids is 2. The number of carbonyl (C=O) groups is 2. The van der Waals surface area contributed by atoms with Gasteiger partial charge in [0.25, 0.3) is 0 Å². The Morgan fingerprint density at radius 3 is 2.11 bits per heavy atom. The number of halogens is 1. The average molecular weight is 321 g/mol. The van der Waals surface area contributed by atoms with Gasteiger partial charge in [-0.05, 0) is 33.6 Å². The molecule has 18 heavy (non-hydrogen) atoms. The van der Waals surface area contributed by atoms with E-state index in [1.165, 1.54) is 0 Å². The van der Waals surface area contributed by atoms with Crippen molar-refractivity contribution in [3.63, 3.8) is 0 Å². The number of amides is 2. The van der Waals surface area contributed by atoms with Crippen LogP contribution in [0.3, 0.4) is 0 Å². The summed E-state index contributed by atoms with van der Waals surface area (Å²) in [4.78, 5) is 25.3. The van der Waals surface area contributed by atoms with Gasteiger partial charge in [-0.3, -0.25) is 9.59 Å². The molecule has 1 N–H and O–H groups in total. The molecule has 0 rings (SSSR count). The molecule has 0 saturated heterocycles. The number of rotatable bonds is 5. The van der Waals surface area contributed by atoms with Crippen molar-refractivity contribution in [2.75, 3.05) is 13.1 Å². The van der Waals surface area contributed by atoms with Crippen LogP contribution in [0.4, 0.5) is 0 Å². The molecule has 0 fully saturated rings. The fourth-order valence-corrected chi connectivity index (χ4v) is 1.73. The van der Waals surface area contributed by atoms with Crippen molar-refractivity contribution >= 4 is 27.7 Å². The van der Waals surface area contributed by atoms with Gasteiger partial charge in [-0.25, -0.2) is 0 Å². The number of nitrogens with one attached hydrogen (secondary N) is 1. The van der Waals surface area contributed by atoms with Gasteiger partial charge in [0, 0.05) is 12.1 Å². The van der Waals surface area contributed by atoms with Crippen LogP contribution in [0.2, 0.25) is 0 Å². The molecule has 0 aliphatic rings. The van der Waals surface area contributed by atoms with E-state index in [0.29, 0.717) is 6.54 Å². The molecule has 106 valence electrons. The number of hydrogen-bond donors (Lipinski definition) is 1. The minimum atomic E-state index is -0.272. The second-order valence-electron chi connectivity index (χ2n) is 5.80. The Bertz CT molecular complexity index is 298. The normalized spacial score (nSPS) is 13.3. The molecule has 0 aromatic heterocycles. The van der Waals surface area contributed by atoms with E-state index >= 15 is 0 Å². The van der Waals surface area contributed by atoms with Crippen molar-refractivity contribution in [2.24, 2.45) is 5.92 Å². The molecule has 0 aliphatic heterocycles. The second-order valence-corrected chi connectivity index (χ2v) is 6.78. The predicted molar refractivity (Wildman–Crippen MR) is 77.7 cm³/mol. The molecule has 0 heterocycles. The van der Waals surface area contributed by atoms with Crippen molar-refractivity contribution in [3.05, 3.63) is 0 Å². The molecule has 2 amide bonds. The van der Waals surface area contributed by atoms with Crippen LogP contribution in [0, 0.1) is 5.92 Å². The van der Waals surface area contributed by atoms with E-state index in [4.69, 9.17) is 0 Å². The summed E-state index contributed by atoms with van der Waals surface area (Å²) in [5, 5.41) is 2.86. The molecule has 0 aliphatic carbocycles. The summed E-state index contributed by atoms with van der Waals surface area (Å²) in [6.07, 6.45) is 0. The summed E-state index contributed by atoms with van der Waals surface area (Å²) in [6.45, 7) is 12.2. The zero-order valence-corrected chi connectivity index (χ0v) is 13.8. The SMILES string of the molecule is CCN(CC(=O)NC(C)(C)C)C(=O)C(Br)C(C)C. The summed E-state index contributed by atoms with van der Waals surface area (Å²) >= 11 is 3.38. The molecule has 0 saturated carbocycles. The van der Waals surface area contributed by atoms with E-state index in [0.717, 1.165) is 0 Å². The Labute approximate surface area is 119 Å². The summed E-state index contributed by atoms with van der Waals surface area (Å²) in [5.74, 6) is 0.0509. The largest absolute Gasteiger partial charge is 0.350 e. The highest BCUT2D eigenvalue weighted by molar-refractivity contribution is 9.10. The van der Waals surface area contributed by atoms with Crippen LogP contribution >= 0.6 is 15.9 Å². The van der Waals surface area contributed by atoms with Crippen LogP contribution in [-0.2, 0) is 9.59 Å². The lowest BCUT2D eigenvalue weighted by atomic mass is 10.1. The first-order valence-corrected chi connectivity index (χ1v) is 7.24. The third-order valence-electron chi connectivity index (χ3n) is 2.36. The Balaban J connectivity index is 4.53. The molecule has 0 aromatic carbocycles. The predicted octanol–water partition coefficient (Wildman–Crippen LogP) is 2.17. The number of nitrogens with zero attached hydrogens (tertiary/aromatic N) is 1. The van der Waals surface area contributed by atoms with Gasteiger partial charge < -0.3 is 10.2 Å². The van der Waals surface area contributed by atoms with Crippen LogP contribution in [-0.4, -0.2) is 40.2 Å². The van der Waals surface area contributed by atoms with Gasteiger partial charge in [0.15, 0.2) is 0 Å². The minimum Gasteiger partial charge on any atom is -0.350 e. The van der Waals surface area contributed by atoms with Crippen molar-refractivity contribution in [2.45, 2.75) is 51.9 Å². The standard InChI is InChI=1S/C13H25BrN2O2/c1-7-16(12(18)11(14)9(2)3)8-10(17)15-13(4,5)6/h9,11H,7-8H2,1-6H3,(H,15,17). The highest BCUT2D eigenvalue weighted by Crippen LogP contribution is 2.15. The first-order valence-electron chi connectivity index (χ1n) is 6.32. The van der Waals surface area contributed by atoms with Gasteiger partial charge in [0.2, 0.25) is 11.8 Å². The Morgan fingerprint density at radius 2 is 1.78 bits per heavy atom. The van der Waals surface area contributed by atoms with E-state index in [1.807, 2.05) is 41.5 Å². The quantitative estimate of drug-likeness (QED) is 0.789. The Morgan fingerprint density at radius 1 is 1.28 bits per heavy atom. The van der Waals surface area contributed by atoms with Crippen molar-refractivity contribution in [1.29, 1.82) is 0 Å². The summed E-state index contributed by atoms with van der Waals surface area (Å²) < 4.78 is 0. The van der Waals surface area contributed by atoms with E-state index < -0.39 is 0 Å². The summed E-state index contributed by atoms with van der Waals surface area (Å²) in [6, 6.07) is 0. The van der Waals surface area contributed by atoms with Crippen molar-refractivity contribution in [3.8, 4) is 0 Å². The highest BCUT2D eigenvalue weighted by atomic mass is 79.9. The van der Waals surface area contributed by atoms with Crippen molar-refractivity contribution < 1.29 is 9.59 Å². The molecule has 1 atom stereocenters. The van der Waals surface area contributed by atoms with Crippen LogP contribution in [0.15, 0.2) is 0 Å². The van der Waals surface area contributed by atoms with E-state index in [1.54, 1.807) is 4.90 Å². The molecule has 0 radical (unpaired) electrons. The number of hydrogen-bond acceptors (Lipinski definition) is 2. The molecular weight excluding hydrogens is 296 g/mol. The smallest absolute Gasteiger partial charge is 0.240 e. The minimum absolute atomic E-state index is 0.0310. The maximum Gasteiger partial charge on any atom is 0.240 e. The van der Waals surface area contributed by atoms with Crippen LogP contribution in [0.1, 0.15) is 41.5 Å². The van der Waals surface area contributed by atoms with Crippen LogP contribution < -0.4 is 5.32 Å². The van der Waals surface area contributed by atoms with Crippen LogP contribution in [0.25, 0.3) is 0 Å². The van der Waals surface area contributed by atoms with E-state index in [2.05, 4.69) is 21.2 Å². The maximum absolute atomic E-state index is 12.1. The van der Waals surface area contributed by atoms with Gasteiger partial charge in [-0.2, -0.15) is 0 Å². The molecule has 0 spiro atoms.